The molecule has 3 N–H and O–H groups in total. The van der Waals surface area contributed by atoms with Gasteiger partial charge in [0, 0.05) is 40.2 Å². The molecule has 138 valence electrons. The van der Waals surface area contributed by atoms with Gasteiger partial charge in [-0.25, -0.2) is 0 Å². The predicted molar refractivity (Wildman–Crippen MR) is 96.5 cm³/mol. The minimum Gasteiger partial charge on any atom is -0.507 e. The number of anilines is 1. The van der Waals surface area contributed by atoms with Crippen LogP contribution in [0.15, 0.2) is 59.5 Å². The van der Waals surface area contributed by atoms with Crippen molar-refractivity contribution in [3.05, 3.63) is 70.3 Å². The summed E-state index contributed by atoms with van der Waals surface area (Å²) in [5.74, 6) is -0.972. The Hall–Kier alpha value is -3.50. The molecular formula is C17H12N2O7S. The lowest BCUT2D eigenvalue weighted by molar-refractivity contribution is -0.384. The van der Waals surface area contributed by atoms with E-state index in [9.17, 15) is 33.0 Å². The number of aromatic hydroxyl groups is 1. The van der Waals surface area contributed by atoms with E-state index in [1.54, 1.807) is 6.07 Å². The van der Waals surface area contributed by atoms with Gasteiger partial charge in [0.1, 0.15) is 5.75 Å². The zero-order valence-corrected chi connectivity index (χ0v) is 14.3. The lowest BCUT2D eigenvalue weighted by Crippen LogP contribution is -2.12. The molecule has 3 aromatic rings. The van der Waals surface area contributed by atoms with Gasteiger partial charge in [-0.05, 0) is 24.3 Å². The summed E-state index contributed by atoms with van der Waals surface area (Å²) in [5.41, 5.74) is 0.170. The van der Waals surface area contributed by atoms with Crippen LogP contribution in [0.1, 0.15) is 10.4 Å². The third kappa shape index (κ3) is 3.71. The smallest absolute Gasteiger partial charge is 0.294 e. The van der Waals surface area contributed by atoms with E-state index in [0.29, 0.717) is 0 Å². The van der Waals surface area contributed by atoms with Crippen LogP contribution in [0.5, 0.6) is 5.75 Å². The van der Waals surface area contributed by atoms with Crippen molar-refractivity contribution in [1.82, 2.24) is 0 Å². The fraction of sp³-hybridized carbons (Fsp3) is 0. The standard InChI is InChI=1S/C17H12N2O7S/c20-16-9-12(27(24,25)26)8-14-13(16)2-1-3-15(14)18-17(21)10-4-6-11(7-5-10)19(22)23/h1-9,20H,(H,18,21)(H,24,25,26). The Kier molecular flexibility index (Phi) is 4.52. The Morgan fingerprint density at radius 3 is 2.30 bits per heavy atom. The quantitative estimate of drug-likeness (QED) is 0.354. The topological polar surface area (TPSA) is 147 Å². The van der Waals surface area contributed by atoms with Crippen LogP contribution < -0.4 is 5.32 Å². The summed E-state index contributed by atoms with van der Waals surface area (Å²) in [4.78, 5) is 22.0. The molecule has 0 fully saturated rings. The largest absolute Gasteiger partial charge is 0.507 e. The van der Waals surface area contributed by atoms with Crippen LogP contribution in [-0.2, 0) is 10.1 Å². The number of nitro benzene ring substituents is 1. The number of hydrogen-bond donors (Lipinski definition) is 3. The van der Waals surface area contributed by atoms with Gasteiger partial charge in [0.05, 0.1) is 9.82 Å². The molecule has 0 heterocycles. The van der Waals surface area contributed by atoms with Crippen molar-refractivity contribution in [3.63, 3.8) is 0 Å². The Morgan fingerprint density at radius 2 is 1.70 bits per heavy atom. The first-order valence-corrected chi connectivity index (χ1v) is 8.90. The third-order valence-electron chi connectivity index (χ3n) is 3.83. The zero-order valence-electron chi connectivity index (χ0n) is 13.5. The molecule has 0 radical (unpaired) electrons. The summed E-state index contributed by atoms with van der Waals surface area (Å²) in [5, 5.41) is 23.7. The van der Waals surface area contributed by atoms with Gasteiger partial charge in [0.15, 0.2) is 0 Å². The van der Waals surface area contributed by atoms with Crippen LogP contribution in [0.2, 0.25) is 0 Å². The van der Waals surface area contributed by atoms with Crippen LogP contribution in [-0.4, -0.2) is 28.9 Å². The van der Waals surface area contributed by atoms with E-state index in [-0.39, 0.29) is 33.5 Å². The van der Waals surface area contributed by atoms with Gasteiger partial charge in [0.2, 0.25) is 0 Å². The van der Waals surface area contributed by atoms with E-state index in [2.05, 4.69) is 5.32 Å². The molecule has 0 bridgehead atoms. The number of benzene rings is 3. The second kappa shape index (κ2) is 6.67. The summed E-state index contributed by atoms with van der Waals surface area (Å²) in [7, 11) is -4.56. The van der Waals surface area contributed by atoms with Crippen molar-refractivity contribution in [2.24, 2.45) is 0 Å². The number of nitrogens with one attached hydrogen (secondary N) is 1. The number of rotatable bonds is 4. The fourth-order valence-electron chi connectivity index (χ4n) is 2.53. The van der Waals surface area contributed by atoms with Gasteiger partial charge >= 0.3 is 0 Å². The maximum atomic E-state index is 12.4. The molecule has 3 aromatic carbocycles. The van der Waals surface area contributed by atoms with Crippen molar-refractivity contribution in [3.8, 4) is 5.75 Å². The molecule has 0 aromatic heterocycles. The number of non-ortho nitro benzene ring substituents is 1. The Bertz CT molecular complexity index is 1170. The van der Waals surface area contributed by atoms with Gasteiger partial charge in [-0.15, -0.1) is 0 Å². The van der Waals surface area contributed by atoms with Crippen LogP contribution >= 0.6 is 0 Å². The summed E-state index contributed by atoms with van der Waals surface area (Å²) >= 11 is 0. The molecule has 0 saturated heterocycles. The minimum absolute atomic E-state index is 0.146. The number of carbonyl (C=O) groups excluding carboxylic acids is 1. The molecule has 9 nitrogen and oxygen atoms in total. The van der Waals surface area contributed by atoms with Gasteiger partial charge < -0.3 is 10.4 Å². The number of carbonyl (C=O) groups is 1. The number of phenols is 1. The van der Waals surface area contributed by atoms with E-state index >= 15 is 0 Å². The summed E-state index contributed by atoms with van der Waals surface area (Å²) in [6.07, 6.45) is 0. The van der Waals surface area contributed by atoms with Gasteiger partial charge in [-0.2, -0.15) is 8.42 Å². The minimum atomic E-state index is -4.56. The average molecular weight is 388 g/mol. The molecule has 0 aliphatic carbocycles. The average Bonchev–Trinajstić information content (AvgIpc) is 2.61. The third-order valence-corrected chi connectivity index (χ3v) is 4.67. The van der Waals surface area contributed by atoms with Crippen LogP contribution in [0.3, 0.4) is 0 Å². The highest BCUT2D eigenvalue weighted by molar-refractivity contribution is 7.85. The Labute approximate surface area is 152 Å². The van der Waals surface area contributed by atoms with Crippen LogP contribution in [0, 0.1) is 10.1 Å². The normalized spacial score (nSPS) is 11.3. The Morgan fingerprint density at radius 1 is 1.04 bits per heavy atom. The van der Waals surface area contributed by atoms with Gasteiger partial charge in [-0.3, -0.25) is 19.5 Å². The van der Waals surface area contributed by atoms with Crippen LogP contribution in [0.4, 0.5) is 11.4 Å². The molecule has 0 saturated carbocycles. The first-order chi connectivity index (χ1) is 12.7. The molecule has 27 heavy (non-hydrogen) atoms. The molecule has 1 amide bonds. The number of fused-ring (bicyclic) bond motifs is 1. The summed E-state index contributed by atoms with van der Waals surface area (Å²) < 4.78 is 32.0. The zero-order chi connectivity index (χ0) is 19.8. The van der Waals surface area contributed by atoms with E-state index in [1.165, 1.54) is 36.4 Å². The monoisotopic (exact) mass is 388 g/mol. The molecule has 0 spiro atoms. The van der Waals surface area contributed by atoms with Crippen molar-refractivity contribution in [2.45, 2.75) is 4.90 Å². The molecule has 3 rings (SSSR count). The lowest BCUT2D eigenvalue weighted by Gasteiger charge is -2.11. The molecule has 0 aliphatic rings. The van der Waals surface area contributed by atoms with Crippen LogP contribution in [0.25, 0.3) is 10.8 Å². The molecule has 10 heteroatoms. The number of nitro groups is 1. The Balaban J connectivity index is 2.02. The SMILES string of the molecule is O=C(Nc1cccc2c(O)cc(S(=O)(=O)O)cc12)c1ccc([N+](=O)[O-])cc1. The second-order valence-corrected chi connectivity index (χ2v) is 7.00. The molecule has 0 aliphatic heterocycles. The summed E-state index contributed by atoms with van der Waals surface area (Å²) in [6, 6.07) is 11.5. The highest BCUT2D eigenvalue weighted by Gasteiger charge is 2.16. The number of hydrogen-bond acceptors (Lipinski definition) is 6. The van der Waals surface area contributed by atoms with Gasteiger partial charge in [0.25, 0.3) is 21.7 Å². The lowest BCUT2D eigenvalue weighted by atomic mass is 10.1. The molecule has 0 atom stereocenters. The number of nitrogens with zero attached hydrogens (tertiary/aromatic N) is 1. The maximum absolute atomic E-state index is 12.4. The van der Waals surface area contributed by atoms with Crippen molar-refractivity contribution in [1.29, 1.82) is 0 Å². The summed E-state index contributed by atoms with van der Waals surface area (Å²) in [6.45, 7) is 0. The van der Waals surface area contributed by atoms with E-state index in [0.717, 1.165) is 12.1 Å². The molecular weight excluding hydrogens is 376 g/mol. The maximum Gasteiger partial charge on any atom is 0.294 e. The van der Waals surface area contributed by atoms with Crippen molar-refractivity contribution in [2.75, 3.05) is 5.32 Å². The first kappa shape index (κ1) is 18.3. The number of amides is 1. The molecule has 0 unspecified atom stereocenters. The fourth-order valence-corrected chi connectivity index (χ4v) is 3.05. The van der Waals surface area contributed by atoms with E-state index in [1.807, 2.05) is 0 Å². The van der Waals surface area contributed by atoms with Gasteiger partial charge in [-0.1, -0.05) is 12.1 Å². The van der Waals surface area contributed by atoms with E-state index < -0.39 is 25.8 Å². The second-order valence-electron chi connectivity index (χ2n) is 5.58. The number of phenolic OH excluding ortho intramolecular Hbond substituents is 1. The first-order valence-electron chi connectivity index (χ1n) is 7.46. The predicted octanol–water partition coefficient (Wildman–Crippen LogP) is 2.95. The highest BCUT2D eigenvalue weighted by atomic mass is 32.2. The van der Waals surface area contributed by atoms with Crippen molar-refractivity contribution < 1.29 is 27.8 Å². The highest BCUT2D eigenvalue weighted by Crippen LogP contribution is 2.33. The van der Waals surface area contributed by atoms with E-state index in [4.69, 9.17) is 0 Å². The van der Waals surface area contributed by atoms with Crippen molar-refractivity contribution >= 4 is 38.2 Å².